The summed E-state index contributed by atoms with van der Waals surface area (Å²) < 4.78 is 38.1. The van der Waals surface area contributed by atoms with Crippen molar-refractivity contribution in [2.75, 3.05) is 11.9 Å². The zero-order valence-corrected chi connectivity index (χ0v) is 15.6. The number of carbonyl (C=O) groups excluding carboxylic acids is 2. The Hall–Kier alpha value is -3.75. The second-order valence-corrected chi connectivity index (χ2v) is 6.31. The Morgan fingerprint density at radius 3 is 2.27 bits per heavy atom. The third-order valence-corrected chi connectivity index (χ3v) is 4.10. The lowest BCUT2D eigenvalue weighted by atomic mass is 10.1. The van der Waals surface area contributed by atoms with Gasteiger partial charge in [-0.2, -0.15) is 13.2 Å². The van der Waals surface area contributed by atoms with E-state index < -0.39 is 23.5 Å². The van der Waals surface area contributed by atoms with Gasteiger partial charge in [0.2, 0.25) is 0 Å². The van der Waals surface area contributed by atoms with Gasteiger partial charge in [0.1, 0.15) is 5.69 Å². The first-order valence-corrected chi connectivity index (χ1v) is 8.96. The Bertz CT molecular complexity index is 1020. The van der Waals surface area contributed by atoms with Gasteiger partial charge < -0.3 is 10.6 Å². The fraction of sp³-hybridized carbons (Fsp3) is 0.143. The highest BCUT2D eigenvalue weighted by Crippen LogP contribution is 2.26. The Labute approximate surface area is 170 Å². The van der Waals surface area contributed by atoms with Crippen LogP contribution < -0.4 is 10.6 Å². The van der Waals surface area contributed by atoms with Gasteiger partial charge in [-0.25, -0.2) is 4.98 Å². The topological polar surface area (TPSA) is 84.0 Å². The van der Waals surface area contributed by atoms with Crippen LogP contribution >= 0.6 is 0 Å². The summed E-state index contributed by atoms with van der Waals surface area (Å²) in [6, 6.07) is 15.7. The molecular formula is C21H17F3N4O2. The van der Waals surface area contributed by atoms with E-state index in [9.17, 15) is 22.8 Å². The van der Waals surface area contributed by atoms with E-state index in [2.05, 4.69) is 20.6 Å². The number of hydrogen-bond acceptors (Lipinski definition) is 4. The van der Waals surface area contributed by atoms with E-state index in [-0.39, 0.29) is 5.91 Å². The van der Waals surface area contributed by atoms with Gasteiger partial charge in [-0.05, 0) is 36.2 Å². The fourth-order valence-electron chi connectivity index (χ4n) is 2.58. The smallest absolute Gasteiger partial charge is 0.352 e. The van der Waals surface area contributed by atoms with Crippen molar-refractivity contribution in [2.45, 2.75) is 12.6 Å². The quantitative estimate of drug-likeness (QED) is 0.644. The predicted molar refractivity (Wildman–Crippen MR) is 104 cm³/mol. The van der Waals surface area contributed by atoms with Crippen LogP contribution in [-0.4, -0.2) is 28.3 Å². The summed E-state index contributed by atoms with van der Waals surface area (Å²) in [5.41, 5.74) is 0.0822. The zero-order valence-electron chi connectivity index (χ0n) is 15.6. The SMILES string of the molecule is O=C(NCCc1ccccc1)c1ccc(NC(=O)c2cncc(C(F)(F)F)n2)cc1. The van der Waals surface area contributed by atoms with E-state index in [0.717, 1.165) is 11.8 Å². The van der Waals surface area contributed by atoms with E-state index >= 15 is 0 Å². The van der Waals surface area contributed by atoms with Gasteiger partial charge in [0.25, 0.3) is 11.8 Å². The Balaban J connectivity index is 1.56. The normalized spacial score (nSPS) is 11.0. The first-order valence-electron chi connectivity index (χ1n) is 8.96. The molecule has 2 N–H and O–H groups in total. The maximum Gasteiger partial charge on any atom is 0.434 e. The van der Waals surface area contributed by atoms with Crippen LogP contribution in [0, 0.1) is 0 Å². The summed E-state index contributed by atoms with van der Waals surface area (Å²) in [6.45, 7) is 0.468. The molecule has 6 nitrogen and oxygen atoms in total. The number of carbonyl (C=O) groups is 2. The van der Waals surface area contributed by atoms with Crippen LogP contribution in [0.4, 0.5) is 18.9 Å². The van der Waals surface area contributed by atoms with Crippen molar-refractivity contribution in [2.24, 2.45) is 0 Å². The maximum atomic E-state index is 12.7. The van der Waals surface area contributed by atoms with E-state index in [1.54, 1.807) is 0 Å². The summed E-state index contributed by atoms with van der Waals surface area (Å²) in [7, 11) is 0. The number of rotatable bonds is 6. The highest BCUT2D eigenvalue weighted by atomic mass is 19.4. The third kappa shape index (κ3) is 5.63. The first-order chi connectivity index (χ1) is 14.3. The van der Waals surface area contributed by atoms with Crippen LogP contribution in [0.3, 0.4) is 0 Å². The molecule has 0 spiro atoms. The maximum absolute atomic E-state index is 12.7. The molecule has 0 saturated carbocycles. The number of hydrogen-bond donors (Lipinski definition) is 2. The largest absolute Gasteiger partial charge is 0.434 e. The van der Waals surface area contributed by atoms with Gasteiger partial charge in [0, 0.05) is 17.8 Å². The number of nitrogens with zero attached hydrogens (tertiary/aromatic N) is 2. The van der Waals surface area contributed by atoms with Gasteiger partial charge in [-0.3, -0.25) is 14.6 Å². The molecule has 0 bridgehead atoms. The monoisotopic (exact) mass is 414 g/mol. The molecule has 30 heavy (non-hydrogen) atoms. The van der Waals surface area contributed by atoms with Crippen LogP contribution in [0.15, 0.2) is 67.0 Å². The number of halogens is 3. The second-order valence-electron chi connectivity index (χ2n) is 6.31. The summed E-state index contributed by atoms with van der Waals surface area (Å²) in [6.07, 6.45) is -2.52. The number of amides is 2. The molecule has 0 aliphatic heterocycles. The minimum Gasteiger partial charge on any atom is -0.352 e. The number of benzene rings is 2. The molecule has 1 heterocycles. The minimum atomic E-state index is -4.70. The fourth-order valence-corrected chi connectivity index (χ4v) is 2.58. The molecule has 154 valence electrons. The molecule has 0 saturated heterocycles. The summed E-state index contributed by atoms with van der Waals surface area (Å²) in [5, 5.41) is 5.23. The van der Waals surface area contributed by atoms with Crippen LogP contribution in [0.5, 0.6) is 0 Å². The highest BCUT2D eigenvalue weighted by Gasteiger charge is 2.33. The molecular weight excluding hydrogens is 397 g/mol. The second kappa shape index (κ2) is 9.17. The molecule has 0 atom stereocenters. The van der Waals surface area contributed by atoms with Crippen molar-refractivity contribution in [3.63, 3.8) is 0 Å². The Morgan fingerprint density at radius 1 is 0.900 bits per heavy atom. The molecule has 0 aliphatic rings. The van der Waals surface area contributed by atoms with E-state index in [1.165, 1.54) is 24.3 Å². The molecule has 0 radical (unpaired) electrons. The molecule has 1 aromatic heterocycles. The van der Waals surface area contributed by atoms with E-state index in [4.69, 9.17) is 0 Å². The summed E-state index contributed by atoms with van der Waals surface area (Å²) in [5.74, 6) is -1.11. The molecule has 0 unspecified atom stereocenters. The lowest BCUT2D eigenvalue weighted by molar-refractivity contribution is -0.141. The number of aromatic nitrogens is 2. The van der Waals surface area contributed by atoms with Crippen LogP contribution in [0.2, 0.25) is 0 Å². The van der Waals surface area contributed by atoms with Crippen molar-refractivity contribution in [3.8, 4) is 0 Å². The van der Waals surface area contributed by atoms with E-state index in [1.807, 2.05) is 30.3 Å². The molecule has 2 amide bonds. The summed E-state index contributed by atoms with van der Waals surface area (Å²) in [4.78, 5) is 31.0. The standard InChI is InChI=1S/C21H17F3N4O2/c22-21(23,24)18-13-25-12-17(28-18)20(30)27-16-8-6-15(7-9-16)19(29)26-11-10-14-4-2-1-3-5-14/h1-9,12-13H,10-11H2,(H,26,29)(H,27,30). The molecule has 3 rings (SSSR count). The molecule has 0 fully saturated rings. The van der Waals surface area contributed by atoms with Crippen molar-refractivity contribution in [3.05, 3.63) is 89.5 Å². The molecule has 3 aromatic rings. The molecule has 0 aliphatic carbocycles. The van der Waals surface area contributed by atoms with Gasteiger partial charge in [-0.15, -0.1) is 0 Å². The Kier molecular flexibility index (Phi) is 6.41. The minimum absolute atomic E-state index is 0.271. The van der Waals surface area contributed by atoms with E-state index in [0.29, 0.717) is 30.4 Å². The predicted octanol–water partition coefficient (Wildman–Crippen LogP) is 3.72. The van der Waals surface area contributed by atoms with Crippen LogP contribution in [0.25, 0.3) is 0 Å². The number of nitrogens with one attached hydrogen (secondary N) is 2. The van der Waals surface area contributed by atoms with Crippen LogP contribution in [-0.2, 0) is 12.6 Å². The summed E-state index contributed by atoms with van der Waals surface area (Å²) >= 11 is 0. The van der Waals surface area contributed by atoms with Gasteiger partial charge in [0.15, 0.2) is 5.69 Å². The van der Waals surface area contributed by atoms with Crippen molar-refractivity contribution >= 4 is 17.5 Å². The lowest BCUT2D eigenvalue weighted by Gasteiger charge is -2.09. The molecule has 9 heteroatoms. The number of alkyl halides is 3. The lowest BCUT2D eigenvalue weighted by Crippen LogP contribution is -2.25. The number of anilines is 1. The molecule has 2 aromatic carbocycles. The average Bonchev–Trinajstić information content (AvgIpc) is 2.74. The average molecular weight is 414 g/mol. The zero-order chi connectivity index (χ0) is 21.6. The van der Waals surface area contributed by atoms with Crippen molar-refractivity contribution in [1.29, 1.82) is 0 Å². The van der Waals surface area contributed by atoms with Gasteiger partial charge >= 0.3 is 6.18 Å². The third-order valence-electron chi connectivity index (χ3n) is 4.10. The van der Waals surface area contributed by atoms with Crippen molar-refractivity contribution in [1.82, 2.24) is 15.3 Å². The van der Waals surface area contributed by atoms with Crippen LogP contribution in [0.1, 0.15) is 32.1 Å². The van der Waals surface area contributed by atoms with Gasteiger partial charge in [0.05, 0.1) is 12.4 Å². The Morgan fingerprint density at radius 2 is 1.60 bits per heavy atom. The van der Waals surface area contributed by atoms with Gasteiger partial charge in [-0.1, -0.05) is 30.3 Å². The highest BCUT2D eigenvalue weighted by molar-refractivity contribution is 6.03. The van der Waals surface area contributed by atoms with Crippen molar-refractivity contribution < 1.29 is 22.8 Å². The first kappa shape index (κ1) is 21.0.